The van der Waals surface area contributed by atoms with Gasteiger partial charge in [0.1, 0.15) is 0 Å². The van der Waals surface area contributed by atoms with E-state index in [1.807, 2.05) is 0 Å². The van der Waals surface area contributed by atoms with Crippen LogP contribution in [0, 0.1) is 0 Å². The fourth-order valence-electron chi connectivity index (χ4n) is 1.58. The van der Waals surface area contributed by atoms with Crippen molar-refractivity contribution in [2.24, 2.45) is 0 Å². The van der Waals surface area contributed by atoms with Crippen molar-refractivity contribution in [2.75, 3.05) is 25.6 Å². The Morgan fingerprint density at radius 2 is 2.23 bits per heavy atom. The van der Waals surface area contributed by atoms with Crippen molar-refractivity contribution in [3.63, 3.8) is 0 Å². The van der Waals surface area contributed by atoms with E-state index in [9.17, 15) is 0 Å². The maximum absolute atomic E-state index is 5.60. The van der Waals surface area contributed by atoms with Gasteiger partial charge in [-0.2, -0.15) is 0 Å². The maximum atomic E-state index is 5.60. The lowest BCUT2D eigenvalue weighted by Crippen LogP contribution is -2.32. The SMILES string of the molecule is ClCCCCNCC1CCCCO1. The molecule has 2 nitrogen and oxygen atoms in total. The average Bonchev–Trinajstić information content (AvgIpc) is 2.19. The number of halogens is 1. The number of unbranched alkanes of at least 4 members (excludes halogenated alkanes) is 1. The smallest absolute Gasteiger partial charge is 0.0699 e. The predicted octanol–water partition coefficient (Wildman–Crippen LogP) is 2.16. The molecule has 1 unspecified atom stereocenters. The molecule has 1 aliphatic rings. The summed E-state index contributed by atoms with van der Waals surface area (Å²) in [5, 5.41) is 3.41. The van der Waals surface area contributed by atoms with Crippen LogP contribution in [0.25, 0.3) is 0 Å². The van der Waals surface area contributed by atoms with Crippen molar-refractivity contribution < 1.29 is 4.74 Å². The minimum Gasteiger partial charge on any atom is -0.377 e. The molecule has 0 aromatic heterocycles. The molecule has 0 aromatic rings. The summed E-state index contributed by atoms with van der Waals surface area (Å²) in [4.78, 5) is 0. The minimum absolute atomic E-state index is 0.463. The van der Waals surface area contributed by atoms with E-state index in [0.29, 0.717) is 6.10 Å². The van der Waals surface area contributed by atoms with Gasteiger partial charge in [-0.05, 0) is 38.6 Å². The van der Waals surface area contributed by atoms with Gasteiger partial charge in [0, 0.05) is 19.0 Å². The van der Waals surface area contributed by atoms with Gasteiger partial charge in [0.05, 0.1) is 6.10 Å². The molecule has 1 N–H and O–H groups in total. The van der Waals surface area contributed by atoms with Gasteiger partial charge in [-0.25, -0.2) is 0 Å². The van der Waals surface area contributed by atoms with Crippen molar-refractivity contribution in [2.45, 2.75) is 38.2 Å². The van der Waals surface area contributed by atoms with E-state index in [-0.39, 0.29) is 0 Å². The lowest BCUT2D eigenvalue weighted by atomic mass is 10.1. The minimum atomic E-state index is 0.463. The molecule has 0 spiro atoms. The highest BCUT2D eigenvalue weighted by Gasteiger charge is 2.12. The molecule has 1 atom stereocenters. The molecule has 0 amide bonds. The lowest BCUT2D eigenvalue weighted by molar-refractivity contribution is 0.0170. The third kappa shape index (κ3) is 5.50. The van der Waals surface area contributed by atoms with E-state index < -0.39 is 0 Å². The molecule has 0 aromatic carbocycles. The number of rotatable bonds is 6. The van der Waals surface area contributed by atoms with Gasteiger partial charge >= 0.3 is 0 Å². The van der Waals surface area contributed by atoms with Crippen LogP contribution in [0.5, 0.6) is 0 Å². The molecule has 13 heavy (non-hydrogen) atoms. The zero-order valence-corrected chi connectivity index (χ0v) is 8.98. The van der Waals surface area contributed by atoms with Gasteiger partial charge in [-0.1, -0.05) is 0 Å². The molecule has 1 fully saturated rings. The molecular weight excluding hydrogens is 186 g/mol. The molecular formula is C10H20ClNO. The highest BCUT2D eigenvalue weighted by Crippen LogP contribution is 2.11. The van der Waals surface area contributed by atoms with E-state index in [4.69, 9.17) is 16.3 Å². The first-order valence-corrected chi connectivity index (χ1v) is 5.85. The molecule has 1 saturated heterocycles. The van der Waals surface area contributed by atoms with Crippen molar-refractivity contribution in [1.82, 2.24) is 5.32 Å². The standard InChI is InChI=1S/C10H20ClNO/c11-6-2-3-7-12-9-10-5-1-4-8-13-10/h10,12H,1-9H2. The fourth-order valence-corrected chi connectivity index (χ4v) is 1.76. The first-order chi connectivity index (χ1) is 6.43. The molecule has 0 radical (unpaired) electrons. The zero-order valence-electron chi connectivity index (χ0n) is 8.23. The van der Waals surface area contributed by atoms with Gasteiger partial charge in [-0.3, -0.25) is 0 Å². The van der Waals surface area contributed by atoms with Crippen LogP contribution >= 0.6 is 11.6 Å². The van der Waals surface area contributed by atoms with Crippen LogP contribution in [-0.2, 0) is 4.74 Å². The number of ether oxygens (including phenoxy) is 1. The third-order valence-electron chi connectivity index (χ3n) is 2.38. The third-order valence-corrected chi connectivity index (χ3v) is 2.65. The molecule has 1 rings (SSSR count). The average molecular weight is 206 g/mol. The van der Waals surface area contributed by atoms with Crippen LogP contribution in [0.1, 0.15) is 32.1 Å². The van der Waals surface area contributed by atoms with Gasteiger partial charge in [0.25, 0.3) is 0 Å². The molecule has 0 aliphatic carbocycles. The fraction of sp³-hybridized carbons (Fsp3) is 1.00. The Morgan fingerprint density at radius 1 is 1.31 bits per heavy atom. The Morgan fingerprint density at radius 3 is 2.92 bits per heavy atom. The van der Waals surface area contributed by atoms with Crippen molar-refractivity contribution in [1.29, 1.82) is 0 Å². The molecule has 1 aliphatic heterocycles. The van der Waals surface area contributed by atoms with Crippen LogP contribution in [-0.4, -0.2) is 31.7 Å². The Labute approximate surface area is 86.0 Å². The van der Waals surface area contributed by atoms with Crippen LogP contribution < -0.4 is 5.32 Å². The monoisotopic (exact) mass is 205 g/mol. The normalized spacial score (nSPS) is 23.3. The Hall–Kier alpha value is 0.210. The molecule has 0 bridgehead atoms. The van der Waals surface area contributed by atoms with Crippen molar-refractivity contribution >= 4 is 11.6 Å². The van der Waals surface area contributed by atoms with Crippen LogP contribution in [0.4, 0.5) is 0 Å². The van der Waals surface area contributed by atoms with E-state index >= 15 is 0 Å². The largest absolute Gasteiger partial charge is 0.377 e. The van der Waals surface area contributed by atoms with E-state index in [0.717, 1.165) is 32.0 Å². The topological polar surface area (TPSA) is 21.3 Å². The van der Waals surface area contributed by atoms with Gasteiger partial charge in [0.15, 0.2) is 0 Å². The number of hydrogen-bond acceptors (Lipinski definition) is 2. The second-order valence-electron chi connectivity index (χ2n) is 3.59. The van der Waals surface area contributed by atoms with Gasteiger partial charge < -0.3 is 10.1 Å². The van der Waals surface area contributed by atoms with E-state index in [2.05, 4.69) is 5.32 Å². The number of hydrogen-bond donors (Lipinski definition) is 1. The summed E-state index contributed by atoms with van der Waals surface area (Å²) in [5.74, 6) is 0.779. The Bertz CT molecular complexity index is 115. The zero-order chi connectivity index (χ0) is 9.36. The summed E-state index contributed by atoms with van der Waals surface area (Å²) >= 11 is 5.58. The van der Waals surface area contributed by atoms with Crippen LogP contribution in [0.2, 0.25) is 0 Å². The maximum Gasteiger partial charge on any atom is 0.0699 e. The second-order valence-corrected chi connectivity index (χ2v) is 3.97. The second kappa shape index (κ2) is 7.60. The number of alkyl halides is 1. The van der Waals surface area contributed by atoms with E-state index in [1.165, 1.54) is 25.7 Å². The van der Waals surface area contributed by atoms with Gasteiger partial charge in [0.2, 0.25) is 0 Å². The summed E-state index contributed by atoms with van der Waals surface area (Å²) in [6.07, 6.45) is 6.54. The summed E-state index contributed by atoms with van der Waals surface area (Å²) < 4.78 is 5.60. The van der Waals surface area contributed by atoms with E-state index in [1.54, 1.807) is 0 Å². The number of nitrogens with one attached hydrogen (secondary N) is 1. The Kier molecular flexibility index (Phi) is 6.60. The first-order valence-electron chi connectivity index (χ1n) is 5.32. The first kappa shape index (κ1) is 11.3. The molecule has 0 saturated carbocycles. The lowest BCUT2D eigenvalue weighted by Gasteiger charge is -2.22. The summed E-state index contributed by atoms with van der Waals surface area (Å²) in [6.45, 7) is 3.04. The van der Waals surface area contributed by atoms with Crippen LogP contribution in [0.15, 0.2) is 0 Å². The quantitative estimate of drug-likeness (QED) is 0.530. The molecule has 1 heterocycles. The molecule has 78 valence electrons. The van der Waals surface area contributed by atoms with Crippen LogP contribution in [0.3, 0.4) is 0 Å². The predicted molar refractivity (Wildman–Crippen MR) is 56.4 cm³/mol. The highest BCUT2D eigenvalue weighted by molar-refractivity contribution is 6.17. The summed E-state index contributed by atoms with van der Waals surface area (Å²) in [5.41, 5.74) is 0. The molecule has 3 heteroatoms. The van der Waals surface area contributed by atoms with Gasteiger partial charge in [-0.15, -0.1) is 11.6 Å². The van der Waals surface area contributed by atoms with Crippen molar-refractivity contribution in [3.05, 3.63) is 0 Å². The summed E-state index contributed by atoms with van der Waals surface area (Å²) in [7, 11) is 0. The van der Waals surface area contributed by atoms with Crippen molar-refractivity contribution in [3.8, 4) is 0 Å². The Balaban J connectivity index is 1.86. The summed E-state index contributed by atoms with van der Waals surface area (Å²) in [6, 6.07) is 0. The highest BCUT2D eigenvalue weighted by atomic mass is 35.5.